The first kappa shape index (κ1) is 19.8. The fourth-order valence-corrected chi connectivity index (χ4v) is 4.14. The van der Waals surface area contributed by atoms with Gasteiger partial charge in [-0.15, -0.1) is 0 Å². The van der Waals surface area contributed by atoms with E-state index < -0.39 is 0 Å². The zero-order valence-electron chi connectivity index (χ0n) is 18.1. The van der Waals surface area contributed by atoms with Crippen molar-refractivity contribution >= 4 is 21.7 Å². The van der Waals surface area contributed by atoms with Gasteiger partial charge < -0.3 is 20.1 Å². The Morgan fingerprint density at radius 3 is 2.16 bits per heavy atom. The molecule has 0 aliphatic rings. The molecule has 2 N–H and O–H groups in total. The Bertz CT molecular complexity index is 1430. The second-order valence-corrected chi connectivity index (χ2v) is 7.51. The first-order chi connectivity index (χ1) is 15.6. The number of benzene rings is 3. The minimum absolute atomic E-state index is 0.555. The number of pyridine rings is 1. The molecule has 0 atom stereocenters. The quantitative estimate of drug-likeness (QED) is 0.389. The molecule has 0 unspecified atom stereocenters. The van der Waals surface area contributed by atoms with E-state index in [1.165, 1.54) is 0 Å². The number of rotatable bonds is 5. The van der Waals surface area contributed by atoms with Gasteiger partial charge in [0.1, 0.15) is 0 Å². The number of aromatic nitrogens is 2. The molecule has 2 heterocycles. The van der Waals surface area contributed by atoms with Crippen LogP contribution in [0.2, 0.25) is 0 Å². The third-order valence-electron chi connectivity index (χ3n) is 5.76. The fourth-order valence-electron chi connectivity index (χ4n) is 4.14. The molecule has 0 bridgehead atoms. The van der Waals surface area contributed by atoms with Gasteiger partial charge in [-0.3, -0.25) is 9.66 Å². The average molecular weight is 425 g/mol. The highest BCUT2D eigenvalue weighted by Gasteiger charge is 2.16. The van der Waals surface area contributed by atoms with E-state index in [2.05, 4.69) is 30.3 Å². The molecule has 2 aromatic heterocycles. The van der Waals surface area contributed by atoms with Gasteiger partial charge in [0.25, 0.3) is 0 Å². The molecule has 5 aromatic rings. The molecule has 5 rings (SSSR count). The van der Waals surface area contributed by atoms with Crippen LogP contribution in [0.5, 0.6) is 17.2 Å². The molecule has 0 saturated carbocycles. The molecule has 0 saturated heterocycles. The molecule has 0 radical (unpaired) electrons. The van der Waals surface area contributed by atoms with Crippen molar-refractivity contribution in [2.24, 2.45) is 0 Å². The highest BCUT2D eigenvalue weighted by Crippen LogP contribution is 2.42. The average Bonchev–Trinajstić information content (AvgIpc) is 3.22. The molecule has 0 aliphatic carbocycles. The molecule has 0 aliphatic heterocycles. The van der Waals surface area contributed by atoms with Crippen LogP contribution in [-0.2, 0) is 0 Å². The maximum atomic E-state index is 5.97. The van der Waals surface area contributed by atoms with Crippen LogP contribution in [0.1, 0.15) is 0 Å². The van der Waals surface area contributed by atoms with E-state index in [-0.39, 0.29) is 0 Å². The van der Waals surface area contributed by atoms with Gasteiger partial charge in [-0.1, -0.05) is 18.2 Å². The van der Waals surface area contributed by atoms with E-state index in [0.717, 1.165) is 44.1 Å². The molecule has 0 spiro atoms. The van der Waals surface area contributed by atoms with Gasteiger partial charge in [-0.05, 0) is 59.0 Å². The highest BCUT2D eigenvalue weighted by molar-refractivity contribution is 5.98. The largest absolute Gasteiger partial charge is 0.493 e. The monoisotopic (exact) mass is 425 g/mol. The highest BCUT2D eigenvalue weighted by atomic mass is 16.5. The third kappa shape index (κ3) is 3.17. The number of ether oxygens (including phenoxy) is 3. The number of fused-ring (bicyclic) bond motifs is 2. The molecular formula is C26H23N3O3. The van der Waals surface area contributed by atoms with Crippen molar-refractivity contribution in [2.75, 3.05) is 27.2 Å². The van der Waals surface area contributed by atoms with Crippen LogP contribution in [0, 0.1) is 0 Å². The second-order valence-electron chi connectivity index (χ2n) is 7.51. The van der Waals surface area contributed by atoms with Crippen LogP contribution in [0.4, 0.5) is 0 Å². The molecule has 3 aromatic carbocycles. The molecular weight excluding hydrogens is 402 g/mol. The SMILES string of the molecule is COc1cc(-c2nccc3ccc(-c4ccc5c(ccn5N)c4)cc23)cc(OC)c1OC. The van der Waals surface area contributed by atoms with E-state index >= 15 is 0 Å². The number of nitrogen functional groups attached to an aromatic ring is 1. The summed E-state index contributed by atoms with van der Waals surface area (Å²) in [6.45, 7) is 0. The van der Waals surface area contributed by atoms with Crippen LogP contribution < -0.4 is 20.1 Å². The summed E-state index contributed by atoms with van der Waals surface area (Å²) in [6.07, 6.45) is 3.68. The predicted molar refractivity (Wildman–Crippen MR) is 128 cm³/mol. The zero-order valence-corrected chi connectivity index (χ0v) is 18.1. The van der Waals surface area contributed by atoms with E-state index in [1.807, 2.05) is 42.7 Å². The molecule has 160 valence electrons. The zero-order chi connectivity index (χ0) is 22.2. The predicted octanol–water partition coefficient (Wildman–Crippen LogP) is 5.26. The summed E-state index contributed by atoms with van der Waals surface area (Å²) in [7, 11) is 4.82. The van der Waals surface area contributed by atoms with Crippen molar-refractivity contribution in [3.8, 4) is 39.6 Å². The summed E-state index contributed by atoms with van der Waals surface area (Å²) in [5.74, 6) is 7.71. The lowest BCUT2D eigenvalue weighted by molar-refractivity contribution is 0.324. The van der Waals surface area contributed by atoms with Crippen LogP contribution >= 0.6 is 0 Å². The smallest absolute Gasteiger partial charge is 0.203 e. The van der Waals surface area contributed by atoms with E-state index in [1.54, 1.807) is 26.0 Å². The lowest BCUT2D eigenvalue weighted by atomic mass is 9.97. The molecule has 0 fully saturated rings. The van der Waals surface area contributed by atoms with E-state index in [0.29, 0.717) is 17.2 Å². The van der Waals surface area contributed by atoms with Crippen molar-refractivity contribution in [3.63, 3.8) is 0 Å². The van der Waals surface area contributed by atoms with E-state index in [4.69, 9.17) is 25.0 Å². The van der Waals surface area contributed by atoms with E-state index in [9.17, 15) is 0 Å². The first-order valence-corrected chi connectivity index (χ1v) is 10.2. The maximum Gasteiger partial charge on any atom is 0.203 e. The molecule has 6 heteroatoms. The number of nitrogens with zero attached hydrogens (tertiary/aromatic N) is 2. The lowest BCUT2D eigenvalue weighted by Crippen LogP contribution is -2.04. The molecule has 6 nitrogen and oxygen atoms in total. The van der Waals surface area contributed by atoms with Crippen LogP contribution in [0.25, 0.3) is 44.1 Å². The maximum absolute atomic E-state index is 5.97. The van der Waals surface area contributed by atoms with Crippen molar-refractivity contribution < 1.29 is 14.2 Å². The topological polar surface area (TPSA) is 71.5 Å². The Hall–Kier alpha value is -4.19. The minimum Gasteiger partial charge on any atom is -0.493 e. The Kier molecular flexibility index (Phi) is 4.82. The van der Waals surface area contributed by atoms with Gasteiger partial charge in [0.2, 0.25) is 5.75 Å². The van der Waals surface area contributed by atoms with Gasteiger partial charge >= 0.3 is 0 Å². The summed E-state index contributed by atoms with van der Waals surface area (Å²) in [6, 6.07) is 20.6. The van der Waals surface area contributed by atoms with Gasteiger partial charge in [0, 0.05) is 28.7 Å². The fraction of sp³-hybridized carbons (Fsp3) is 0.115. The lowest BCUT2D eigenvalue weighted by Gasteiger charge is -2.15. The van der Waals surface area contributed by atoms with Gasteiger partial charge in [0.15, 0.2) is 11.5 Å². The summed E-state index contributed by atoms with van der Waals surface area (Å²) in [5, 5.41) is 3.23. The van der Waals surface area contributed by atoms with Gasteiger partial charge in [-0.25, -0.2) is 0 Å². The van der Waals surface area contributed by atoms with Crippen molar-refractivity contribution in [2.45, 2.75) is 0 Å². The summed E-state index contributed by atoms with van der Waals surface area (Å²) in [4.78, 5) is 4.70. The van der Waals surface area contributed by atoms with Gasteiger partial charge in [-0.2, -0.15) is 0 Å². The van der Waals surface area contributed by atoms with Crippen molar-refractivity contribution in [1.82, 2.24) is 9.66 Å². The molecule has 32 heavy (non-hydrogen) atoms. The minimum atomic E-state index is 0.555. The van der Waals surface area contributed by atoms with Crippen molar-refractivity contribution in [1.29, 1.82) is 0 Å². The van der Waals surface area contributed by atoms with Crippen molar-refractivity contribution in [3.05, 3.63) is 73.1 Å². The van der Waals surface area contributed by atoms with Crippen LogP contribution in [0.15, 0.2) is 73.1 Å². The Labute approximate surface area is 185 Å². The van der Waals surface area contributed by atoms with Crippen LogP contribution in [0.3, 0.4) is 0 Å². The second kappa shape index (κ2) is 7.81. The Balaban J connectivity index is 1.69. The summed E-state index contributed by atoms with van der Waals surface area (Å²) in [5.41, 5.74) is 4.95. The number of methoxy groups -OCH3 is 3. The number of hydrogen-bond donors (Lipinski definition) is 1. The number of nitrogens with two attached hydrogens (primary N) is 1. The van der Waals surface area contributed by atoms with Gasteiger partial charge in [0.05, 0.1) is 32.5 Å². The standard InChI is InChI=1S/C26H23N3O3/c1-30-23-14-20(15-24(31-2)26(23)32-3)25-21-13-18(5-4-16(21)8-10-28-25)17-6-7-22-19(12-17)9-11-29(22)27/h4-15H,27H2,1-3H3. The van der Waals surface area contributed by atoms with Crippen LogP contribution in [-0.4, -0.2) is 31.0 Å². The normalized spacial score (nSPS) is 11.1. The molecule has 0 amide bonds. The Morgan fingerprint density at radius 2 is 1.44 bits per heavy atom. The first-order valence-electron chi connectivity index (χ1n) is 10.2. The Morgan fingerprint density at radius 1 is 0.719 bits per heavy atom. The summed E-state index contributed by atoms with van der Waals surface area (Å²) >= 11 is 0. The third-order valence-corrected chi connectivity index (χ3v) is 5.76. The summed E-state index contributed by atoms with van der Waals surface area (Å²) < 4.78 is 18.2. The number of hydrogen-bond acceptors (Lipinski definition) is 5.